The van der Waals surface area contributed by atoms with E-state index in [-0.39, 0.29) is 40.1 Å². The third-order valence-electron chi connectivity index (χ3n) is 6.80. The van der Waals surface area contributed by atoms with Crippen LogP contribution in [0.25, 0.3) is 0 Å². The molecule has 9 heteroatoms. The molecule has 2 aliphatic carbocycles. The maximum Gasteiger partial charge on any atom is 0.254 e. The van der Waals surface area contributed by atoms with Gasteiger partial charge in [0.1, 0.15) is 17.5 Å². The number of halogens is 1. The van der Waals surface area contributed by atoms with E-state index in [1.165, 1.54) is 12.1 Å². The zero-order valence-electron chi connectivity index (χ0n) is 17.9. The molecule has 2 amide bonds. The van der Waals surface area contributed by atoms with Gasteiger partial charge in [-0.25, -0.2) is 9.37 Å². The van der Waals surface area contributed by atoms with Crippen LogP contribution in [0.2, 0.25) is 0 Å². The van der Waals surface area contributed by atoms with E-state index in [0.29, 0.717) is 19.6 Å². The van der Waals surface area contributed by atoms with Crippen molar-refractivity contribution in [1.29, 1.82) is 5.26 Å². The fourth-order valence-electron chi connectivity index (χ4n) is 5.13. The van der Waals surface area contributed by atoms with Crippen LogP contribution in [0.15, 0.2) is 24.3 Å². The van der Waals surface area contributed by atoms with E-state index in [0.717, 1.165) is 43.0 Å². The van der Waals surface area contributed by atoms with Crippen LogP contribution in [0.1, 0.15) is 63.2 Å². The van der Waals surface area contributed by atoms with Gasteiger partial charge in [-0.05, 0) is 55.4 Å². The minimum atomic E-state index is -0.646. The van der Waals surface area contributed by atoms with E-state index >= 15 is 0 Å². The summed E-state index contributed by atoms with van der Waals surface area (Å²) in [6.45, 7) is 0.993. The molecule has 0 radical (unpaired) electrons. The third kappa shape index (κ3) is 4.02. The number of ether oxygens (including phenoxy) is 2. The van der Waals surface area contributed by atoms with Gasteiger partial charge < -0.3 is 20.5 Å². The summed E-state index contributed by atoms with van der Waals surface area (Å²) in [6, 6.07) is 7.31. The van der Waals surface area contributed by atoms with E-state index in [1.807, 2.05) is 6.07 Å². The Morgan fingerprint density at radius 3 is 2.76 bits per heavy atom. The molecule has 0 bridgehead atoms. The van der Waals surface area contributed by atoms with Gasteiger partial charge >= 0.3 is 0 Å². The first-order chi connectivity index (χ1) is 15.9. The molecular weight excluding hydrogens is 427 g/mol. The standard InChI is InChI=1S/C24H23FN4O4/c25-19-2-1-13(11-26)5-17(19)22(31)28-15-7-24(8-15)9-16(10-24)33-23-18(21(27)30)6-14-12-32-4-3-20(14)29-23/h1-2,5-6,15-16H,3-4,7-10,12H2,(H2,27,30)(H,28,31)/t15-,16-,24?. The van der Waals surface area contributed by atoms with Crippen LogP contribution in [0, 0.1) is 22.6 Å². The number of nitriles is 1. The van der Waals surface area contributed by atoms with E-state index in [2.05, 4.69) is 10.3 Å². The number of rotatable bonds is 5. The molecule has 33 heavy (non-hydrogen) atoms. The van der Waals surface area contributed by atoms with Gasteiger partial charge in [-0.3, -0.25) is 9.59 Å². The van der Waals surface area contributed by atoms with Crippen LogP contribution >= 0.6 is 0 Å². The van der Waals surface area contributed by atoms with Crippen molar-refractivity contribution in [3.8, 4) is 11.9 Å². The number of benzene rings is 1. The first-order valence-electron chi connectivity index (χ1n) is 10.9. The topological polar surface area (TPSA) is 127 Å². The SMILES string of the molecule is N#Cc1ccc(F)c(C(=O)N[C@H]2CC3(C2)C[C@H](Oc2nc4c(cc2C(N)=O)COCC4)C3)c1. The second-order valence-electron chi connectivity index (χ2n) is 9.15. The van der Waals surface area contributed by atoms with Gasteiger partial charge in [-0.15, -0.1) is 0 Å². The summed E-state index contributed by atoms with van der Waals surface area (Å²) in [5, 5.41) is 11.8. The van der Waals surface area contributed by atoms with Crippen molar-refractivity contribution < 1.29 is 23.5 Å². The summed E-state index contributed by atoms with van der Waals surface area (Å²) in [7, 11) is 0. The average Bonchev–Trinajstić information content (AvgIpc) is 2.75. The van der Waals surface area contributed by atoms with E-state index in [1.54, 1.807) is 6.07 Å². The lowest BCUT2D eigenvalue weighted by molar-refractivity contribution is -0.0849. The number of carbonyl (C=O) groups excluding carboxylic acids is 2. The Labute approximate surface area is 189 Å². The smallest absolute Gasteiger partial charge is 0.254 e. The number of nitrogens with two attached hydrogens (primary N) is 1. The van der Waals surface area contributed by atoms with Gasteiger partial charge in [0.2, 0.25) is 5.88 Å². The third-order valence-corrected chi connectivity index (χ3v) is 6.80. The highest BCUT2D eigenvalue weighted by Crippen LogP contribution is 2.56. The lowest BCUT2D eigenvalue weighted by Crippen LogP contribution is -2.58. The fourth-order valence-corrected chi connectivity index (χ4v) is 5.13. The Balaban J connectivity index is 1.17. The van der Waals surface area contributed by atoms with Crippen molar-refractivity contribution in [1.82, 2.24) is 10.3 Å². The summed E-state index contributed by atoms with van der Waals surface area (Å²) in [5.74, 6) is -1.46. The molecule has 2 fully saturated rings. The average molecular weight is 450 g/mol. The van der Waals surface area contributed by atoms with Crippen LogP contribution in [-0.2, 0) is 17.8 Å². The molecule has 0 unspecified atom stereocenters. The molecule has 8 nitrogen and oxygen atoms in total. The minimum absolute atomic E-state index is 0.0494. The molecule has 1 spiro atoms. The first kappa shape index (κ1) is 21.3. The van der Waals surface area contributed by atoms with Crippen molar-refractivity contribution in [2.24, 2.45) is 11.1 Å². The number of hydrogen-bond donors (Lipinski definition) is 2. The van der Waals surface area contributed by atoms with Crippen LogP contribution in [-0.4, -0.2) is 35.6 Å². The highest BCUT2D eigenvalue weighted by atomic mass is 19.1. The Kier molecular flexibility index (Phi) is 5.25. The minimum Gasteiger partial charge on any atom is -0.474 e. The van der Waals surface area contributed by atoms with Crippen molar-refractivity contribution in [3.05, 3.63) is 58.0 Å². The van der Waals surface area contributed by atoms with Gasteiger partial charge in [0.25, 0.3) is 11.8 Å². The van der Waals surface area contributed by atoms with Crippen LogP contribution in [0.4, 0.5) is 4.39 Å². The van der Waals surface area contributed by atoms with Crippen molar-refractivity contribution in [2.75, 3.05) is 6.61 Å². The summed E-state index contributed by atoms with van der Waals surface area (Å²) < 4.78 is 25.4. The number of carbonyl (C=O) groups is 2. The molecule has 1 aliphatic heterocycles. The predicted octanol–water partition coefficient (Wildman–Crippen LogP) is 2.38. The van der Waals surface area contributed by atoms with Gasteiger partial charge in [-0.2, -0.15) is 5.26 Å². The Hall–Kier alpha value is -3.51. The number of hydrogen-bond acceptors (Lipinski definition) is 6. The Morgan fingerprint density at radius 2 is 2.03 bits per heavy atom. The van der Waals surface area contributed by atoms with Crippen molar-refractivity contribution >= 4 is 11.8 Å². The second kappa shape index (κ2) is 8.12. The molecule has 2 heterocycles. The Morgan fingerprint density at radius 1 is 1.24 bits per heavy atom. The first-order valence-corrected chi connectivity index (χ1v) is 10.9. The molecular formula is C24H23FN4O4. The number of nitrogens with one attached hydrogen (secondary N) is 1. The number of pyridine rings is 1. The van der Waals surface area contributed by atoms with E-state index < -0.39 is 17.6 Å². The molecule has 170 valence electrons. The molecule has 1 aromatic carbocycles. The summed E-state index contributed by atoms with van der Waals surface area (Å²) in [4.78, 5) is 28.9. The monoisotopic (exact) mass is 450 g/mol. The van der Waals surface area contributed by atoms with Crippen LogP contribution in [0.5, 0.6) is 5.88 Å². The van der Waals surface area contributed by atoms with E-state index in [4.69, 9.17) is 20.5 Å². The molecule has 0 saturated heterocycles. The summed E-state index contributed by atoms with van der Waals surface area (Å²) in [6.07, 6.45) is 3.72. The zero-order chi connectivity index (χ0) is 23.2. The normalized spacial score (nSPS) is 25.2. The molecule has 2 aromatic rings. The number of primary amides is 1. The highest BCUT2D eigenvalue weighted by Gasteiger charge is 2.54. The van der Waals surface area contributed by atoms with Gasteiger partial charge in [0.15, 0.2) is 0 Å². The van der Waals surface area contributed by atoms with Gasteiger partial charge in [0, 0.05) is 18.0 Å². The molecule has 0 atom stereocenters. The maximum absolute atomic E-state index is 14.0. The number of fused-ring (bicyclic) bond motifs is 1. The number of amides is 2. The molecule has 5 rings (SSSR count). The van der Waals surface area contributed by atoms with E-state index in [9.17, 15) is 14.0 Å². The lowest BCUT2D eigenvalue weighted by atomic mass is 9.53. The van der Waals surface area contributed by atoms with Gasteiger partial charge in [0.05, 0.1) is 36.1 Å². The largest absolute Gasteiger partial charge is 0.474 e. The van der Waals surface area contributed by atoms with Crippen molar-refractivity contribution in [3.63, 3.8) is 0 Å². The molecule has 1 aromatic heterocycles. The second-order valence-corrected chi connectivity index (χ2v) is 9.15. The predicted molar refractivity (Wildman–Crippen MR) is 114 cm³/mol. The van der Waals surface area contributed by atoms with Crippen LogP contribution < -0.4 is 15.8 Å². The molecule has 2 saturated carbocycles. The van der Waals surface area contributed by atoms with Crippen LogP contribution in [0.3, 0.4) is 0 Å². The quantitative estimate of drug-likeness (QED) is 0.720. The maximum atomic E-state index is 14.0. The molecule has 3 aliphatic rings. The highest BCUT2D eigenvalue weighted by molar-refractivity contribution is 5.95. The number of nitrogens with zero attached hydrogens (tertiary/aromatic N) is 2. The summed E-state index contributed by atoms with van der Waals surface area (Å²) in [5.41, 5.74) is 7.72. The number of aromatic nitrogens is 1. The van der Waals surface area contributed by atoms with Crippen molar-refractivity contribution in [2.45, 2.75) is 50.9 Å². The lowest BCUT2D eigenvalue weighted by Gasteiger charge is -2.57. The summed E-state index contributed by atoms with van der Waals surface area (Å²) >= 11 is 0. The molecule has 3 N–H and O–H groups in total. The Bertz CT molecular complexity index is 1180. The fraction of sp³-hybridized carbons (Fsp3) is 0.417. The zero-order valence-corrected chi connectivity index (χ0v) is 17.9. The van der Waals surface area contributed by atoms with Gasteiger partial charge in [-0.1, -0.05) is 0 Å².